The molecule has 0 unspecified atom stereocenters. The van der Waals surface area contributed by atoms with Gasteiger partial charge in [-0.2, -0.15) is 0 Å². The largest absolute Gasteiger partial charge is 0.389 e. The molecule has 1 aromatic carbocycles. The Balaban J connectivity index is 2.18. The highest BCUT2D eigenvalue weighted by Gasteiger charge is 2.20. The van der Waals surface area contributed by atoms with Gasteiger partial charge in [-0.15, -0.1) is 11.8 Å². The van der Waals surface area contributed by atoms with E-state index in [0.29, 0.717) is 15.7 Å². The number of hydrogen-bond donors (Lipinski definition) is 1. The first-order valence-corrected chi connectivity index (χ1v) is 6.77. The first-order valence-electron chi connectivity index (χ1n) is 5.89. The maximum atomic E-state index is 13.8. The highest BCUT2D eigenvalue weighted by atomic mass is 32.2. The van der Waals surface area contributed by atoms with Crippen molar-refractivity contribution in [3.8, 4) is 0 Å². The molecule has 1 aliphatic heterocycles. The van der Waals surface area contributed by atoms with Crippen LogP contribution in [0.2, 0.25) is 0 Å². The van der Waals surface area contributed by atoms with Gasteiger partial charge in [-0.1, -0.05) is 12.1 Å². The number of aliphatic hydroxyl groups is 1. The van der Waals surface area contributed by atoms with Gasteiger partial charge in [0.05, 0.1) is 6.10 Å². The van der Waals surface area contributed by atoms with Gasteiger partial charge in [-0.3, -0.25) is 0 Å². The Hall–Kier alpha value is -0.580. The predicted molar refractivity (Wildman–Crippen MR) is 66.7 cm³/mol. The Kier molecular flexibility index (Phi) is 4.42. The number of benzene rings is 1. The van der Waals surface area contributed by atoms with E-state index in [1.807, 2.05) is 0 Å². The van der Waals surface area contributed by atoms with Crippen LogP contribution < -0.4 is 0 Å². The third-order valence-electron chi connectivity index (χ3n) is 2.90. The van der Waals surface area contributed by atoms with Crippen molar-refractivity contribution in [2.24, 2.45) is 0 Å². The average Bonchev–Trinajstić information content (AvgIpc) is 2.33. The van der Waals surface area contributed by atoms with Crippen LogP contribution in [0.4, 0.5) is 4.39 Å². The van der Waals surface area contributed by atoms with Crippen LogP contribution in [0.25, 0.3) is 0 Å². The second-order valence-electron chi connectivity index (χ2n) is 4.26. The van der Waals surface area contributed by atoms with Gasteiger partial charge in [-0.05, 0) is 31.4 Å². The van der Waals surface area contributed by atoms with E-state index in [4.69, 9.17) is 4.74 Å². The Morgan fingerprint density at radius 1 is 1.41 bits per heavy atom. The van der Waals surface area contributed by atoms with Crippen molar-refractivity contribution in [2.75, 3.05) is 13.2 Å². The molecule has 1 aliphatic rings. The van der Waals surface area contributed by atoms with Crippen LogP contribution in [0.5, 0.6) is 0 Å². The summed E-state index contributed by atoms with van der Waals surface area (Å²) in [5.41, 5.74) is 0.682. The van der Waals surface area contributed by atoms with Crippen molar-refractivity contribution in [2.45, 2.75) is 36.0 Å². The van der Waals surface area contributed by atoms with Crippen LogP contribution >= 0.6 is 11.8 Å². The van der Waals surface area contributed by atoms with Crippen LogP contribution in [-0.2, 0) is 4.74 Å². The topological polar surface area (TPSA) is 29.5 Å². The van der Waals surface area contributed by atoms with E-state index < -0.39 is 6.10 Å². The Bertz CT molecular complexity index is 376. The van der Waals surface area contributed by atoms with Gasteiger partial charge in [0.15, 0.2) is 0 Å². The van der Waals surface area contributed by atoms with E-state index in [1.165, 1.54) is 17.8 Å². The Morgan fingerprint density at radius 3 is 2.76 bits per heavy atom. The molecular formula is C13H17FO2S. The lowest BCUT2D eigenvalue weighted by Crippen LogP contribution is -2.17. The third-order valence-corrected chi connectivity index (χ3v) is 4.37. The fourth-order valence-electron chi connectivity index (χ4n) is 1.94. The summed E-state index contributed by atoms with van der Waals surface area (Å²) in [6, 6.07) is 4.88. The quantitative estimate of drug-likeness (QED) is 0.901. The highest BCUT2D eigenvalue weighted by molar-refractivity contribution is 8.00. The average molecular weight is 256 g/mol. The van der Waals surface area contributed by atoms with Gasteiger partial charge in [0.1, 0.15) is 5.82 Å². The number of halogens is 1. The minimum atomic E-state index is -0.631. The van der Waals surface area contributed by atoms with Crippen LogP contribution in [0, 0.1) is 5.82 Å². The molecule has 17 heavy (non-hydrogen) atoms. The number of aliphatic hydroxyl groups excluding tert-OH is 1. The van der Waals surface area contributed by atoms with E-state index in [9.17, 15) is 9.50 Å². The second-order valence-corrected chi connectivity index (χ2v) is 5.57. The van der Waals surface area contributed by atoms with Gasteiger partial charge in [0.2, 0.25) is 0 Å². The molecule has 2 rings (SSSR count). The number of rotatable bonds is 3. The molecule has 0 amide bonds. The molecule has 1 aromatic rings. The zero-order valence-corrected chi connectivity index (χ0v) is 10.7. The van der Waals surface area contributed by atoms with Gasteiger partial charge in [-0.25, -0.2) is 4.39 Å². The lowest BCUT2D eigenvalue weighted by molar-refractivity contribution is 0.1000. The van der Waals surface area contributed by atoms with E-state index in [1.54, 1.807) is 19.1 Å². The summed E-state index contributed by atoms with van der Waals surface area (Å²) in [7, 11) is 0. The fraction of sp³-hybridized carbons (Fsp3) is 0.538. The van der Waals surface area contributed by atoms with E-state index in [0.717, 1.165) is 26.1 Å². The van der Waals surface area contributed by atoms with Gasteiger partial charge in [0.25, 0.3) is 0 Å². The van der Waals surface area contributed by atoms with Crippen molar-refractivity contribution in [1.29, 1.82) is 0 Å². The molecule has 1 heterocycles. The third kappa shape index (κ3) is 3.21. The van der Waals surface area contributed by atoms with Gasteiger partial charge < -0.3 is 9.84 Å². The minimum absolute atomic E-state index is 0.236. The van der Waals surface area contributed by atoms with E-state index in [2.05, 4.69) is 0 Å². The monoisotopic (exact) mass is 256 g/mol. The van der Waals surface area contributed by atoms with Crippen LogP contribution in [-0.4, -0.2) is 23.6 Å². The minimum Gasteiger partial charge on any atom is -0.389 e. The van der Waals surface area contributed by atoms with Gasteiger partial charge >= 0.3 is 0 Å². The molecule has 2 nitrogen and oxygen atoms in total. The molecule has 0 radical (unpaired) electrons. The first-order chi connectivity index (χ1) is 8.18. The van der Waals surface area contributed by atoms with Crippen LogP contribution in [0.1, 0.15) is 31.4 Å². The molecule has 4 heteroatoms. The fourth-order valence-corrected chi connectivity index (χ4v) is 3.26. The molecule has 0 spiro atoms. The maximum absolute atomic E-state index is 13.8. The zero-order chi connectivity index (χ0) is 12.3. The summed E-state index contributed by atoms with van der Waals surface area (Å²) in [5.74, 6) is -0.236. The molecule has 1 saturated heterocycles. The molecule has 0 aliphatic carbocycles. The number of thioether (sulfide) groups is 1. The van der Waals surface area contributed by atoms with Crippen molar-refractivity contribution < 1.29 is 14.2 Å². The molecule has 1 atom stereocenters. The van der Waals surface area contributed by atoms with Crippen molar-refractivity contribution in [3.63, 3.8) is 0 Å². The van der Waals surface area contributed by atoms with Crippen LogP contribution in [0.15, 0.2) is 23.1 Å². The molecule has 0 saturated carbocycles. The predicted octanol–water partition coefficient (Wildman–Crippen LogP) is 3.15. The standard InChI is InChI=1S/C13H17FO2S/c1-9(15)11-3-2-4-12(14)13(11)17-10-5-7-16-8-6-10/h2-4,9-10,15H,5-8H2,1H3/t9-/m1/s1. The normalized spacial score (nSPS) is 19.2. The lowest BCUT2D eigenvalue weighted by Gasteiger charge is -2.23. The summed E-state index contributed by atoms with van der Waals surface area (Å²) in [5, 5.41) is 10.0. The summed E-state index contributed by atoms with van der Waals surface area (Å²) in [4.78, 5) is 0.592. The molecular weight excluding hydrogens is 239 g/mol. The Morgan fingerprint density at radius 2 is 2.12 bits per heavy atom. The van der Waals surface area contributed by atoms with Crippen molar-refractivity contribution >= 4 is 11.8 Å². The summed E-state index contributed by atoms with van der Waals surface area (Å²) < 4.78 is 19.1. The van der Waals surface area contributed by atoms with Crippen molar-refractivity contribution in [1.82, 2.24) is 0 Å². The van der Waals surface area contributed by atoms with Crippen molar-refractivity contribution in [3.05, 3.63) is 29.6 Å². The van der Waals surface area contributed by atoms with E-state index >= 15 is 0 Å². The molecule has 94 valence electrons. The van der Waals surface area contributed by atoms with Crippen LogP contribution in [0.3, 0.4) is 0 Å². The summed E-state index contributed by atoms with van der Waals surface area (Å²) in [6.07, 6.45) is 1.25. The molecule has 1 N–H and O–H groups in total. The smallest absolute Gasteiger partial charge is 0.137 e. The SMILES string of the molecule is C[C@@H](O)c1cccc(F)c1SC1CCOCC1. The zero-order valence-electron chi connectivity index (χ0n) is 9.86. The Labute approximate surface area is 105 Å². The summed E-state index contributed by atoms with van der Waals surface area (Å²) in [6.45, 7) is 3.16. The van der Waals surface area contributed by atoms with Gasteiger partial charge in [0, 0.05) is 23.4 Å². The highest BCUT2D eigenvalue weighted by Crippen LogP contribution is 2.36. The maximum Gasteiger partial charge on any atom is 0.137 e. The van der Waals surface area contributed by atoms with E-state index in [-0.39, 0.29) is 5.82 Å². The second kappa shape index (κ2) is 5.85. The lowest BCUT2D eigenvalue weighted by atomic mass is 10.1. The first kappa shape index (κ1) is 12.9. The summed E-state index contributed by atoms with van der Waals surface area (Å²) >= 11 is 1.53. The molecule has 1 fully saturated rings. The molecule has 0 bridgehead atoms. The number of hydrogen-bond acceptors (Lipinski definition) is 3. The number of ether oxygens (including phenoxy) is 1. The molecule has 0 aromatic heterocycles.